The van der Waals surface area contributed by atoms with E-state index in [4.69, 9.17) is 15.2 Å². The molecular formula is C12H22N2O3. The zero-order chi connectivity index (χ0) is 12.1. The van der Waals surface area contributed by atoms with Crippen LogP contribution < -0.4 is 5.73 Å². The summed E-state index contributed by atoms with van der Waals surface area (Å²) in [6, 6.07) is 0.130. The fourth-order valence-electron chi connectivity index (χ4n) is 2.38. The first-order valence-electron chi connectivity index (χ1n) is 6.48. The molecule has 5 nitrogen and oxygen atoms in total. The molecule has 0 aromatic rings. The molecule has 2 N–H and O–H groups in total. The molecule has 5 heteroatoms. The number of ether oxygens (including phenoxy) is 2. The predicted octanol–water partition coefficient (Wildman–Crippen LogP) is 0.132. The van der Waals surface area contributed by atoms with E-state index in [1.807, 2.05) is 4.90 Å². The molecule has 0 spiro atoms. The number of hydrogen-bond acceptors (Lipinski definition) is 4. The number of carbonyl (C=O) groups is 1. The highest BCUT2D eigenvalue weighted by molar-refractivity contribution is 5.77. The largest absolute Gasteiger partial charge is 0.376 e. The van der Waals surface area contributed by atoms with E-state index in [9.17, 15) is 4.79 Å². The zero-order valence-electron chi connectivity index (χ0n) is 10.3. The van der Waals surface area contributed by atoms with Gasteiger partial charge in [-0.25, -0.2) is 0 Å². The Balaban J connectivity index is 1.62. The molecule has 0 aliphatic carbocycles. The highest BCUT2D eigenvalue weighted by Crippen LogP contribution is 2.12. The van der Waals surface area contributed by atoms with Crippen LogP contribution >= 0.6 is 0 Å². The Morgan fingerprint density at radius 2 is 2.29 bits per heavy atom. The number of piperidine rings is 1. The van der Waals surface area contributed by atoms with E-state index in [0.717, 1.165) is 38.8 Å². The third-order valence-corrected chi connectivity index (χ3v) is 3.36. The van der Waals surface area contributed by atoms with E-state index in [1.165, 1.54) is 0 Å². The Labute approximate surface area is 102 Å². The van der Waals surface area contributed by atoms with E-state index in [2.05, 4.69) is 0 Å². The maximum atomic E-state index is 11.8. The van der Waals surface area contributed by atoms with Gasteiger partial charge in [0.25, 0.3) is 0 Å². The van der Waals surface area contributed by atoms with Crippen molar-refractivity contribution in [3.05, 3.63) is 0 Å². The Bertz CT molecular complexity index is 254. The number of nitrogens with zero attached hydrogens (tertiary/aromatic N) is 1. The molecule has 2 aliphatic heterocycles. The molecule has 0 aromatic carbocycles. The quantitative estimate of drug-likeness (QED) is 0.761. The molecule has 2 fully saturated rings. The van der Waals surface area contributed by atoms with E-state index < -0.39 is 0 Å². The van der Waals surface area contributed by atoms with Crippen molar-refractivity contribution in [2.24, 2.45) is 5.73 Å². The van der Waals surface area contributed by atoms with Crippen molar-refractivity contribution in [2.75, 3.05) is 32.9 Å². The first kappa shape index (κ1) is 12.8. The van der Waals surface area contributed by atoms with E-state index in [1.54, 1.807) is 0 Å². The van der Waals surface area contributed by atoms with E-state index >= 15 is 0 Å². The number of carbonyl (C=O) groups excluding carboxylic acids is 1. The van der Waals surface area contributed by atoms with Gasteiger partial charge in [0.1, 0.15) is 6.61 Å². The van der Waals surface area contributed by atoms with Crippen LogP contribution in [-0.4, -0.2) is 55.9 Å². The van der Waals surface area contributed by atoms with Crippen molar-refractivity contribution in [2.45, 2.75) is 37.8 Å². The molecule has 0 radical (unpaired) electrons. The highest BCUT2D eigenvalue weighted by atomic mass is 16.5. The van der Waals surface area contributed by atoms with Gasteiger partial charge in [-0.05, 0) is 25.7 Å². The molecule has 0 bridgehead atoms. The van der Waals surface area contributed by atoms with E-state index in [0.29, 0.717) is 13.2 Å². The van der Waals surface area contributed by atoms with Gasteiger partial charge in [-0.15, -0.1) is 0 Å². The van der Waals surface area contributed by atoms with Gasteiger partial charge in [-0.1, -0.05) is 0 Å². The van der Waals surface area contributed by atoms with Crippen molar-refractivity contribution < 1.29 is 14.3 Å². The SMILES string of the molecule is N[C@@H]1CCCN(C(=O)COC[C@@H]2CCCO2)C1. The number of likely N-dealkylation sites (tertiary alicyclic amines) is 1. The topological polar surface area (TPSA) is 64.8 Å². The Morgan fingerprint density at radius 1 is 1.41 bits per heavy atom. The predicted molar refractivity (Wildman–Crippen MR) is 63.6 cm³/mol. The van der Waals surface area contributed by atoms with Gasteiger partial charge in [0.15, 0.2) is 0 Å². The van der Waals surface area contributed by atoms with E-state index in [-0.39, 0.29) is 24.7 Å². The molecule has 0 aromatic heterocycles. The minimum atomic E-state index is 0.0538. The van der Waals surface area contributed by atoms with Crippen LogP contribution in [0.4, 0.5) is 0 Å². The third-order valence-electron chi connectivity index (χ3n) is 3.36. The fraction of sp³-hybridized carbons (Fsp3) is 0.917. The zero-order valence-corrected chi connectivity index (χ0v) is 10.3. The second-order valence-electron chi connectivity index (χ2n) is 4.89. The summed E-state index contributed by atoms with van der Waals surface area (Å²) >= 11 is 0. The summed E-state index contributed by atoms with van der Waals surface area (Å²) in [5.41, 5.74) is 5.84. The second kappa shape index (κ2) is 6.33. The fourth-order valence-corrected chi connectivity index (χ4v) is 2.38. The van der Waals surface area contributed by atoms with Crippen LogP contribution in [0.15, 0.2) is 0 Å². The van der Waals surface area contributed by atoms with Crippen LogP contribution in [-0.2, 0) is 14.3 Å². The average Bonchev–Trinajstić information content (AvgIpc) is 2.82. The van der Waals surface area contributed by atoms with Crippen molar-refractivity contribution in [1.82, 2.24) is 4.90 Å². The van der Waals surface area contributed by atoms with Crippen molar-refractivity contribution >= 4 is 5.91 Å². The summed E-state index contributed by atoms with van der Waals surface area (Å²) in [5, 5.41) is 0. The normalized spacial score (nSPS) is 29.6. The number of amides is 1. The first-order chi connectivity index (χ1) is 8.25. The molecule has 2 saturated heterocycles. The summed E-state index contributed by atoms with van der Waals surface area (Å²) in [4.78, 5) is 13.6. The molecule has 2 rings (SSSR count). The summed E-state index contributed by atoms with van der Waals surface area (Å²) in [7, 11) is 0. The monoisotopic (exact) mass is 242 g/mol. The molecule has 0 unspecified atom stereocenters. The molecule has 17 heavy (non-hydrogen) atoms. The van der Waals surface area contributed by atoms with Gasteiger partial charge >= 0.3 is 0 Å². The van der Waals surface area contributed by atoms with Crippen molar-refractivity contribution in [1.29, 1.82) is 0 Å². The lowest BCUT2D eigenvalue weighted by Crippen LogP contribution is -2.47. The van der Waals surface area contributed by atoms with Crippen LogP contribution in [0, 0.1) is 0 Å². The van der Waals surface area contributed by atoms with Crippen LogP contribution in [0.2, 0.25) is 0 Å². The molecule has 0 saturated carbocycles. The number of nitrogens with two attached hydrogens (primary N) is 1. The summed E-state index contributed by atoms with van der Waals surface area (Å²) in [5.74, 6) is 0.0538. The maximum absolute atomic E-state index is 11.8. The van der Waals surface area contributed by atoms with Crippen LogP contribution in [0.3, 0.4) is 0 Å². The number of hydrogen-bond donors (Lipinski definition) is 1. The molecule has 2 aliphatic rings. The Kier molecular flexibility index (Phi) is 4.76. The first-order valence-corrected chi connectivity index (χ1v) is 6.48. The minimum absolute atomic E-state index is 0.0538. The second-order valence-corrected chi connectivity index (χ2v) is 4.89. The summed E-state index contributed by atoms with van der Waals surface area (Å²) in [6.45, 7) is 3.00. The van der Waals surface area contributed by atoms with Gasteiger partial charge < -0.3 is 20.1 Å². The van der Waals surface area contributed by atoms with Gasteiger partial charge in [-0.3, -0.25) is 4.79 Å². The Hall–Kier alpha value is -0.650. The number of rotatable bonds is 4. The van der Waals surface area contributed by atoms with Crippen LogP contribution in [0.5, 0.6) is 0 Å². The summed E-state index contributed by atoms with van der Waals surface area (Å²) in [6.07, 6.45) is 4.34. The molecule has 1 amide bonds. The average molecular weight is 242 g/mol. The molecular weight excluding hydrogens is 220 g/mol. The molecule has 2 heterocycles. The highest BCUT2D eigenvalue weighted by Gasteiger charge is 2.22. The minimum Gasteiger partial charge on any atom is -0.376 e. The Morgan fingerprint density at radius 3 is 3.00 bits per heavy atom. The molecule has 2 atom stereocenters. The van der Waals surface area contributed by atoms with Crippen LogP contribution in [0.1, 0.15) is 25.7 Å². The lowest BCUT2D eigenvalue weighted by atomic mass is 10.1. The smallest absolute Gasteiger partial charge is 0.248 e. The standard InChI is InChI=1S/C12H22N2O3/c13-10-3-1-5-14(7-10)12(15)9-16-8-11-4-2-6-17-11/h10-11H,1-9,13H2/t10-,11+/m1/s1. The lowest BCUT2D eigenvalue weighted by Gasteiger charge is -2.30. The van der Waals surface area contributed by atoms with Gasteiger partial charge in [0.2, 0.25) is 5.91 Å². The van der Waals surface area contributed by atoms with Gasteiger partial charge in [0, 0.05) is 25.7 Å². The van der Waals surface area contributed by atoms with Gasteiger partial charge in [0.05, 0.1) is 12.7 Å². The van der Waals surface area contributed by atoms with Crippen molar-refractivity contribution in [3.8, 4) is 0 Å². The third kappa shape index (κ3) is 3.94. The lowest BCUT2D eigenvalue weighted by molar-refractivity contribution is -0.138. The maximum Gasteiger partial charge on any atom is 0.248 e. The van der Waals surface area contributed by atoms with Crippen molar-refractivity contribution in [3.63, 3.8) is 0 Å². The molecule has 98 valence electrons. The summed E-state index contributed by atoms with van der Waals surface area (Å²) < 4.78 is 10.8. The van der Waals surface area contributed by atoms with Gasteiger partial charge in [-0.2, -0.15) is 0 Å². The van der Waals surface area contributed by atoms with Crippen LogP contribution in [0.25, 0.3) is 0 Å².